The number of likely N-dealkylation sites (tertiary alicyclic amines) is 1. The van der Waals surface area contributed by atoms with Gasteiger partial charge in [0.1, 0.15) is 5.75 Å². The third kappa shape index (κ3) is 2.40. The fraction of sp³-hybridized carbons (Fsp3) is 0.444. The number of benzene rings is 2. The number of nitrogens with zero attached hydrogens (tertiary/aromatic N) is 1. The van der Waals surface area contributed by atoms with Crippen molar-refractivity contribution in [3.63, 3.8) is 0 Å². The van der Waals surface area contributed by atoms with E-state index in [9.17, 15) is 5.11 Å². The molecule has 0 spiro atoms. The zero-order chi connectivity index (χ0) is 14.1. The maximum Gasteiger partial charge on any atom is 0.120 e. The number of phenolic OH excluding ortho intramolecular Hbond substituents is 1. The van der Waals surface area contributed by atoms with Crippen LogP contribution in [0.3, 0.4) is 0 Å². The lowest BCUT2D eigenvalue weighted by molar-refractivity contribution is 0.0949. The minimum Gasteiger partial charge on any atom is -0.508 e. The summed E-state index contributed by atoms with van der Waals surface area (Å²) < 4.78 is 0. The van der Waals surface area contributed by atoms with Crippen molar-refractivity contribution in [2.45, 2.75) is 51.7 Å². The summed E-state index contributed by atoms with van der Waals surface area (Å²) in [6.45, 7) is 5.45. The molecule has 2 aromatic carbocycles. The molecular weight excluding hydrogens is 246 g/mol. The quantitative estimate of drug-likeness (QED) is 0.878. The Morgan fingerprint density at radius 1 is 1.05 bits per heavy atom. The van der Waals surface area contributed by atoms with E-state index in [1.54, 1.807) is 0 Å². The molecule has 1 N–H and O–H groups in total. The zero-order valence-corrected chi connectivity index (χ0v) is 12.3. The molecule has 2 unspecified atom stereocenters. The van der Waals surface area contributed by atoms with Crippen molar-refractivity contribution in [3.8, 4) is 5.75 Å². The van der Waals surface area contributed by atoms with Crippen molar-refractivity contribution in [1.82, 2.24) is 4.90 Å². The van der Waals surface area contributed by atoms with Crippen molar-refractivity contribution in [1.29, 1.82) is 0 Å². The Hall–Kier alpha value is -1.54. The van der Waals surface area contributed by atoms with Gasteiger partial charge in [-0.15, -0.1) is 0 Å². The largest absolute Gasteiger partial charge is 0.508 e. The molecule has 1 aliphatic heterocycles. The van der Waals surface area contributed by atoms with Crippen LogP contribution in [0.1, 0.15) is 38.7 Å². The second-order valence-corrected chi connectivity index (χ2v) is 6.09. The fourth-order valence-corrected chi connectivity index (χ4v) is 3.46. The van der Waals surface area contributed by atoms with Crippen LogP contribution in [0.25, 0.3) is 10.8 Å². The Morgan fingerprint density at radius 2 is 1.75 bits per heavy atom. The van der Waals surface area contributed by atoms with E-state index in [1.807, 2.05) is 18.2 Å². The van der Waals surface area contributed by atoms with E-state index in [0.29, 0.717) is 17.8 Å². The minimum atomic E-state index is 0.425. The molecule has 2 nitrogen and oxygen atoms in total. The Kier molecular flexibility index (Phi) is 3.66. The van der Waals surface area contributed by atoms with Gasteiger partial charge in [-0.05, 0) is 43.5 Å². The van der Waals surface area contributed by atoms with Crippen molar-refractivity contribution in [2.75, 3.05) is 0 Å². The summed E-state index contributed by atoms with van der Waals surface area (Å²) in [4.78, 5) is 2.53. The van der Waals surface area contributed by atoms with Crippen molar-refractivity contribution < 1.29 is 5.11 Å². The molecule has 1 saturated heterocycles. The van der Waals surface area contributed by atoms with Gasteiger partial charge in [-0.2, -0.15) is 0 Å². The van der Waals surface area contributed by atoms with E-state index in [1.165, 1.54) is 30.0 Å². The summed E-state index contributed by atoms with van der Waals surface area (Å²) in [6.07, 6.45) is 3.84. The van der Waals surface area contributed by atoms with E-state index in [2.05, 4.69) is 36.9 Å². The zero-order valence-electron chi connectivity index (χ0n) is 12.3. The van der Waals surface area contributed by atoms with Gasteiger partial charge in [0.05, 0.1) is 0 Å². The van der Waals surface area contributed by atoms with Gasteiger partial charge < -0.3 is 5.11 Å². The van der Waals surface area contributed by atoms with Crippen LogP contribution >= 0.6 is 0 Å². The molecule has 3 rings (SSSR count). The Labute approximate surface area is 121 Å². The highest BCUT2D eigenvalue weighted by molar-refractivity contribution is 5.87. The molecule has 2 aromatic rings. The smallest absolute Gasteiger partial charge is 0.120 e. The van der Waals surface area contributed by atoms with Gasteiger partial charge in [0.2, 0.25) is 0 Å². The standard InChI is InChI=1S/C18H23NO/c1-13-6-5-7-14(2)19(13)12-17-16-9-4-3-8-15(16)10-11-18(17)20/h3-4,8-11,13-14,20H,5-7,12H2,1-2H3. The van der Waals surface area contributed by atoms with E-state index >= 15 is 0 Å². The number of piperidine rings is 1. The van der Waals surface area contributed by atoms with Crippen LogP contribution in [0.2, 0.25) is 0 Å². The maximum atomic E-state index is 10.3. The van der Waals surface area contributed by atoms with Crippen LogP contribution in [0, 0.1) is 0 Å². The van der Waals surface area contributed by atoms with Gasteiger partial charge in [-0.3, -0.25) is 4.90 Å². The van der Waals surface area contributed by atoms with Gasteiger partial charge in [0.15, 0.2) is 0 Å². The number of hydrogen-bond acceptors (Lipinski definition) is 2. The molecule has 1 fully saturated rings. The summed E-state index contributed by atoms with van der Waals surface area (Å²) in [5, 5.41) is 12.7. The number of phenols is 1. The molecule has 0 bridgehead atoms. The van der Waals surface area contributed by atoms with Crippen LogP contribution < -0.4 is 0 Å². The van der Waals surface area contributed by atoms with Gasteiger partial charge >= 0.3 is 0 Å². The molecule has 1 aliphatic rings. The predicted molar refractivity (Wildman–Crippen MR) is 83.9 cm³/mol. The van der Waals surface area contributed by atoms with E-state index < -0.39 is 0 Å². The Morgan fingerprint density at radius 3 is 2.50 bits per heavy atom. The molecule has 2 heteroatoms. The predicted octanol–water partition coefficient (Wildman–Crippen LogP) is 4.31. The van der Waals surface area contributed by atoms with Gasteiger partial charge in [0, 0.05) is 24.2 Å². The molecule has 0 amide bonds. The molecule has 20 heavy (non-hydrogen) atoms. The first-order valence-electron chi connectivity index (χ1n) is 7.62. The lowest BCUT2D eigenvalue weighted by atomic mass is 9.95. The van der Waals surface area contributed by atoms with Crippen molar-refractivity contribution in [2.24, 2.45) is 0 Å². The van der Waals surface area contributed by atoms with Gasteiger partial charge in [-0.25, -0.2) is 0 Å². The first kappa shape index (κ1) is 13.4. The van der Waals surface area contributed by atoms with Gasteiger partial charge in [-0.1, -0.05) is 36.8 Å². The van der Waals surface area contributed by atoms with Crippen LogP contribution in [0.15, 0.2) is 36.4 Å². The highest BCUT2D eigenvalue weighted by Gasteiger charge is 2.25. The monoisotopic (exact) mass is 269 g/mol. The lowest BCUT2D eigenvalue weighted by Crippen LogP contribution is -2.43. The molecule has 1 heterocycles. The lowest BCUT2D eigenvalue weighted by Gasteiger charge is -2.39. The van der Waals surface area contributed by atoms with Crippen molar-refractivity contribution >= 4 is 10.8 Å². The number of fused-ring (bicyclic) bond motifs is 1. The summed E-state index contributed by atoms with van der Waals surface area (Å²) in [6, 6.07) is 13.3. The molecule has 0 radical (unpaired) electrons. The Bertz CT molecular complexity index is 597. The van der Waals surface area contributed by atoms with Crippen LogP contribution in [0.5, 0.6) is 5.75 Å². The molecule has 0 saturated carbocycles. The molecule has 0 aliphatic carbocycles. The topological polar surface area (TPSA) is 23.5 Å². The number of rotatable bonds is 2. The first-order chi connectivity index (χ1) is 9.66. The SMILES string of the molecule is CC1CCCC(C)N1Cc1c(O)ccc2ccccc12. The Balaban J connectivity index is 1.99. The second kappa shape index (κ2) is 5.45. The van der Waals surface area contributed by atoms with Crippen LogP contribution in [-0.2, 0) is 6.54 Å². The molecule has 2 atom stereocenters. The third-order valence-corrected chi connectivity index (χ3v) is 4.73. The molecule has 106 valence electrons. The van der Waals surface area contributed by atoms with E-state index in [-0.39, 0.29) is 0 Å². The van der Waals surface area contributed by atoms with Crippen LogP contribution in [0.4, 0.5) is 0 Å². The fourth-order valence-electron chi connectivity index (χ4n) is 3.46. The minimum absolute atomic E-state index is 0.425. The van der Waals surface area contributed by atoms with Crippen molar-refractivity contribution in [3.05, 3.63) is 42.0 Å². The van der Waals surface area contributed by atoms with Gasteiger partial charge in [0.25, 0.3) is 0 Å². The third-order valence-electron chi connectivity index (χ3n) is 4.73. The van der Waals surface area contributed by atoms with Crippen LogP contribution in [-0.4, -0.2) is 22.1 Å². The highest BCUT2D eigenvalue weighted by Crippen LogP contribution is 2.32. The normalized spacial score (nSPS) is 24.1. The molecular formula is C18H23NO. The second-order valence-electron chi connectivity index (χ2n) is 6.09. The highest BCUT2D eigenvalue weighted by atomic mass is 16.3. The maximum absolute atomic E-state index is 10.3. The summed E-state index contributed by atoms with van der Waals surface area (Å²) in [7, 11) is 0. The summed E-state index contributed by atoms with van der Waals surface area (Å²) >= 11 is 0. The molecule has 0 aromatic heterocycles. The average Bonchev–Trinajstić information content (AvgIpc) is 2.45. The average molecular weight is 269 g/mol. The number of hydrogen-bond donors (Lipinski definition) is 1. The number of aromatic hydroxyl groups is 1. The summed E-state index contributed by atoms with van der Waals surface area (Å²) in [5.74, 6) is 0.425. The van der Waals surface area contributed by atoms with E-state index in [0.717, 1.165) is 12.1 Å². The first-order valence-corrected chi connectivity index (χ1v) is 7.62. The summed E-state index contributed by atoms with van der Waals surface area (Å²) in [5.41, 5.74) is 1.07. The van der Waals surface area contributed by atoms with E-state index in [4.69, 9.17) is 0 Å².